The highest BCUT2D eigenvalue weighted by Gasteiger charge is 2.39. The molecule has 3 rings (SSSR count). The standard InChI is InChI=1S/C15H27N5/c1-11(2)20-8-12-4-3-5-13(9-20)15(12)16-7-6-14-17-10-18-19-14/h10-13,15-16H,3-9H2,1-2H3,(H,17,18,19). The Kier molecular flexibility index (Phi) is 4.36. The maximum atomic E-state index is 4.19. The Labute approximate surface area is 121 Å². The number of aromatic nitrogens is 3. The van der Waals surface area contributed by atoms with Crippen LogP contribution in [0.15, 0.2) is 6.33 Å². The third-order valence-electron chi connectivity index (χ3n) is 5.04. The lowest BCUT2D eigenvalue weighted by Gasteiger charge is -2.49. The number of nitrogens with one attached hydrogen (secondary N) is 2. The summed E-state index contributed by atoms with van der Waals surface area (Å²) < 4.78 is 0. The van der Waals surface area contributed by atoms with Crippen molar-refractivity contribution in [1.82, 2.24) is 25.4 Å². The normalized spacial score (nSPS) is 30.9. The SMILES string of the molecule is CC(C)N1CC2CCCC(C1)C2NCCc1ncn[nH]1. The van der Waals surface area contributed by atoms with E-state index in [0.29, 0.717) is 12.1 Å². The molecule has 2 atom stereocenters. The lowest BCUT2D eigenvalue weighted by Crippen LogP contribution is -2.58. The van der Waals surface area contributed by atoms with Gasteiger partial charge in [-0.3, -0.25) is 5.10 Å². The highest BCUT2D eigenvalue weighted by molar-refractivity contribution is 4.96. The number of aromatic amines is 1. The Hall–Kier alpha value is -0.940. The van der Waals surface area contributed by atoms with E-state index in [0.717, 1.165) is 30.6 Å². The van der Waals surface area contributed by atoms with Crippen LogP contribution in [-0.2, 0) is 6.42 Å². The third-order valence-corrected chi connectivity index (χ3v) is 5.04. The van der Waals surface area contributed by atoms with Gasteiger partial charge in [-0.25, -0.2) is 4.98 Å². The van der Waals surface area contributed by atoms with Crippen LogP contribution in [0, 0.1) is 11.8 Å². The van der Waals surface area contributed by atoms with Crippen LogP contribution in [0.5, 0.6) is 0 Å². The molecule has 1 saturated carbocycles. The van der Waals surface area contributed by atoms with E-state index in [4.69, 9.17) is 0 Å². The Morgan fingerprint density at radius 2 is 2.10 bits per heavy atom. The summed E-state index contributed by atoms with van der Waals surface area (Å²) in [5, 5.41) is 10.6. The van der Waals surface area contributed by atoms with E-state index in [2.05, 4.69) is 39.2 Å². The molecule has 112 valence electrons. The highest BCUT2D eigenvalue weighted by Crippen LogP contribution is 2.35. The number of likely N-dealkylation sites (tertiary alicyclic amines) is 1. The summed E-state index contributed by atoms with van der Waals surface area (Å²) in [5.41, 5.74) is 0. The Bertz CT molecular complexity index is 388. The van der Waals surface area contributed by atoms with Crippen molar-refractivity contribution in [3.05, 3.63) is 12.2 Å². The van der Waals surface area contributed by atoms with Crippen LogP contribution >= 0.6 is 0 Å². The first kappa shape index (κ1) is 14.0. The molecular weight excluding hydrogens is 250 g/mol. The second kappa shape index (κ2) is 6.22. The number of fused-ring (bicyclic) bond motifs is 2. The molecule has 2 bridgehead atoms. The number of rotatable bonds is 5. The fourth-order valence-corrected chi connectivity index (χ4v) is 3.94. The van der Waals surface area contributed by atoms with Gasteiger partial charge < -0.3 is 10.2 Å². The van der Waals surface area contributed by atoms with Crippen molar-refractivity contribution in [2.24, 2.45) is 11.8 Å². The lowest BCUT2D eigenvalue weighted by atomic mass is 9.73. The molecule has 0 spiro atoms. The van der Waals surface area contributed by atoms with E-state index in [9.17, 15) is 0 Å². The zero-order chi connectivity index (χ0) is 13.9. The van der Waals surface area contributed by atoms with Gasteiger partial charge in [-0.05, 0) is 38.5 Å². The van der Waals surface area contributed by atoms with Gasteiger partial charge in [-0.15, -0.1) is 0 Å². The van der Waals surface area contributed by atoms with Crippen molar-refractivity contribution in [2.45, 2.75) is 51.6 Å². The number of nitrogens with zero attached hydrogens (tertiary/aromatic N) is 3. The summed E-state index contributed by atoms with van der Waals surface area (Å²) >= 11 is 0. The van der Waals surface area contributed by atoms with Crippen molar-refractivity contribution in [3.8, 4) is 0 Å². The van der Waals surface area contributed by atoms with E-state index in [1.54, 1.807) is 6.33 Å². The Balaban J connectivity index is 1.54. The number of hydrogen-bond acceptors (Lipinski definition) is 4. The Morgan fingerprint density at radius 3 is 2.70 bits per heavy atom. The fraction of sp³-hybridized carbons (Fsp3) is 0.867. The first-order chi connectivity index (χ1) is 9.74. The minimum absolute atomic E-state index is 0.688. The molecule has 2 fully saturated rings. The molecular formula is C15H27N5. The van der Waals surface area contributed by atoms with Gasteiger partial charge in [-0.2, -0.15) is 5.10 Å². The second-order valence-electron chi connectivity index (χ2n) is 6.66. The van der Waals surface area contributed by atoms with Gasteiger partial charge in [0, 0.05) is 38.1 Å². The number of piperidine rings is 1. The maximum Gasteiger partial charge on any atom is 0.137 e. The largest absolute Gasteiger partial charge is 0.313 e. The predicted octanol–water partition coefficient (Wildman–Crippen LogP) is 1.45. The van der Waals surface area contributed by atoms with E-state index in [-0.39, 0.29) is 0 Å². The lowest BCUT2D eigenvalue weighted by molar-refractivity contribution is 0.0299. The molecule has 0 aromatic carbocycles. The monoisotopic (exact) mass is 277 g/mol. The molecule has 0 amide bonds. The highest BCUT2D eigenvalue weighted by atomic mass is 15.2. The molecule has 1 aliphatic heterocycles. The molecule has 1 aromatic heterocycles. The van der Waals surface area contributed by atoms with Crippen LogP contribution in [0.1, 0.15) is 38.9 Å². The van der Waals surface area contributed by atoms with Gasteiger partial charge >= 0.3 is 0 Å². The molecule has 20 heavy (non-hydrogen) atoms. The molecule has 1 aliphatic carbocycles. The van der Waals surface area contributed by atoms with Crippen molar-refractivity contribution in [1.29, 1.82) is 0 Å². The van der Waals surface area contributed by atoms with Crippen LogP contribution in [0.2, 0.25) is 0 Å². The maximum absolute atomic E-state index is 4.19. The zero-order valence-corrected chi connectivity index (χ0v) is 12.7. The van der Waals surface area contributed by atoms with E-state index in [1.165, 1.54) is 32.4 Å². The van der Waals surface area contributed by atoms with Crippen LogP contribution in [0.4, 0.5) is 0 Å². The average Bonchev–Trinajstić information content (AvgIpc) is 2.91. The van der Waals surface area contributed by atoms with Crippen molar-refractivity contribution in [3.63, 3.8) is 0 Å². The van der Waals surface area contributed by atoms with Crippen LogP contribution in [0.3, 0.4) is 0 Å². The molecule has 5 heteroatoms. The molecule has 2 aliphatic rings. The topological polar surface area (TPSA) is 56.8 Å². The van der Waals surface area contributed by atoms with Gasteiger partial charge in [0.2, 0.25) is 0 Å². The first-order valence-electron chi connectivity index (χ1n) is 8.05. The van der Waals surface area contributed by atoms with Gasteiger partial charge in [0.05, 0.1) is 0 Å². The van der Waals surface area contributed by atoms with Crippen molar-refractivity contribution < 1.29 is 0 Å². The first-order valence-corrected chi connectivity index (χ1v) is 8.05. The molecule has 5 nitrogen and oxygen atoms in total. The zero-order valence-electron chi connectivity index (χ0n) is 12.7. The minimum atomic E-state index is 0.688. The predicted molar refractivity (Wildman–Crippen MR) is 79.4 cm³/mol. The average molecular weight is 277 g/mol. The molecule has 2 unspecified atom stereocenters. The summed E-state index contributed by atoms with van der Waals surface area (Å²) in [6.45, 7) is 8.21. The number of hydrogen-bond donors (Lipinski definition) is 2. The summed E-state index contributed by atoms with van der Waals surface area (Å²) in [5.74, 6) is 2.65. The van der Waals surface area contributed by atoms with Crippen molar-refractivity contribution in [2.75, 3.05) is 19.6 Å². The van der Waals surface area contributed by atoms with E-state index in [1.807, 2.05) is 0 Å². The summed E-state index contributed by atoms with van der Waals surface area (Å²) in [6.07, 6.45) is 6.73. The van der Waals surface area contributed by atoms with Crippen LogP contribution < -0.4 is 5.32 Å². The van der Waals surface area contributed by atoms with E-state index < -0.39 is 0 Å². The molecule has 0 radical (unpaired) electrons. The molecule has 2 N–H and O–H groups in total. The second-order valence-corrected chi connectivity index (χ2v) is 6.66. The van der Waals surface area contributed by atoms with Gasteiger partial charge in [0.1, 0.15) is 12.2 Å². The van der Waals surface area contributed by atoms with Gasteiger partial charge in [0.15, 0.2) is 0 Å². The smallest absolute Gasteiger partial charge is 0.137 e. The fourth-order valence-electron chi connectivity index (χ4n) is 3.94. The summed E-state index contributed by atoms with van der Waals surface area (Å²) in [7, 11) is 0. The van der Waals surface area contributed by atoms with Gasteiger partial charge in [0.25, 0.3) is 0 Å². The molecule has 2 heterocycles. The molecule has 1 aromatic rings. The van der Waals surface area contributed by atoms with Crippen molar-refractivity contribution >= 4 is 0 Å². The third kappa shape index (κ3) is 3.04. The quantitative estimate of drug-likeness (QED) is 0.855. The van der Waals surface area contributed by atoms with Crippen LogP contribution in [-0.4, -0.2) is 51.8 Å². The molecule has 1 saturated heterocycles. The summed E-state index contributed by atoms with van der Waals surface area (Å²) in [4.78, 5) is 6.86. The van der Waals surface area contributed by atoms with E-state index >= 15 is 0 Å². The van der Waals surface area contributed by atoms with Gasteiger partial charge in [-0.1, -0.05) is 6.42 Å². The Morgan fingerprint density at radius 1 is 1.35 bits per heavy atom. The number of H-pyrrole nitrogens is 1. The minimum Gasteiger partial charge on any atom is -0.313 e. The summed E-state index contributed by atoms with van der Waals surface area (Å²) in [6, 6.07) is 1.40. The van der Waals surface area contributed by atoms with Crippen LogP contribution in [0.25, 0.3) is 0 Å².